The third kappa shape index (κ3) is 4.46. The number of rotatable bonds is 3. The minimum Gasteiger partial charge on any atom is -0.481 e. The van der Waals surface area contributed by atoms with E-state index in [-0.39, 0.29) is 11.5 Å². The SMILES string of the molecule is CC(=O)O.Cc1c(N2CCCNCC2)c(F)cn2c(=O)c(C(=O)O)cc(C3CC3)c12. The van der Waals surface area contributed by atoms with Gasteiger partial charge >= 0.3 is 5.97 Å². The topological polar surface area (TPSA) is 111 Å². The van der Waals surface area contributed by atoms with Gasteiger partial charge in [0.25, 0.3) is 11.5 Å². The van der Waals surface area contributed by atoms with Gasteiger partial charge in [0.05, 0.1) is 17.4 Å². The molecule has 2 aromatic heterocycles. The summed E-state index contributed by atoms with van der Waals surface area (Å²) in [6, 6.07) is 1.50. The van der Waals surface area contributed by atoms with Crippen LogP contribution in [-0.4, -0.2) is 52.7 Å². The second-order valence-electron chi connectivity index (χ2n) is 7.68. The van der Waals surface area contributed by atoms with Crippen LogP contribution in [0.1, 0.15) is 53.6 Å². The number of aromatic carboxylic acids is 1. The Labute approximate surface area is 172 Å². The van der Waals surface area contributed by atoms with Gasteiger partial charge in [-0.3, -0.25) is 14.0 Å². The molecule has 162 valence electrons. The molecule has 1 saturated heterocycles. The Bertz CT molecular complexity index is 1030. The first-order valence-electron chi connectivity index (χ1n) is 9.99. The molecule has 1 aliphatic heterocycles. The summed E-state index contributed by atoms with van der Waals surface area (Å²) < 4.78 is 16.2. The molecule has 0 bridgehead atoms. The largest absolute Gasteiger partial charge is 0.481 e. The lowest BCUT2D eigenvalue weighted by Gasteiger charge is -2.26. The summed E-state index contributed by atoms with van der Waals surface area (Å²) in [5.74, 6) is -2.35. The Kier molecular flexibility index (Phi) is 6.40. The molecule has 4 rings (SSSR count). The van der Waals surface area contributed by atoms with Crippen molar-refractivity contribution in [1.82, 2.24) is 9.72 Å². The highest BCUT2D eigenvalue weighted by Crippen LogP contribution is 2.43. The molecule has 2 aromatic rings. The van der Waals surface area contributed by atoms with Crippen LogP contribution in [0.15, 0.2) is 17.1 Å². The molecule has 30 heavy (non-hydrogen) atoms. The lowest BCUT2D eigenvalue weighted by atomic mass is 10.0. The van der Waals surface area contributed by atoms with Crippen molar-refractivity contribution in [1.29, 1.82) is 0 Å². The minimum absolute atomic E-state index is 0.242. The Balaban J connectivity index is 0.000000589. The Hall–Kier alpha value is -2.94. The third-order valence-corrected chi connectivity index (χ3v) is 5.35. The van der Waals surface area contributed by atoms with E-state index >= 15 is 0 Å². The fraction of sp³-hybridized carbons (Fsp3) is 0.476. The Morgan fingerprint density at radius 1 is 1.20 bits per heavy atom. The van der Waals surface area contributed by atoms with Crippen molar-refractivity contribution >= 4 is 23.1 Å². The first-order valence-corrected chi connectivity index (χ1v) is 9.99. The zero-order valence-corrected chi connectivity index (χ0v) is 17.1. The number of carboxylic acids is 2. The van der Waals surface area contributed by atoms with E-state index in [0.717, 1.165) is 57.6 Å². The normalized spacial score (nSPS) is 16.6. The number of aromatic nitrogens is 1. The fourth-order valence-corrected chi connectivity index (χ4v) is 3.96. The molecular weight excluding hydrogens is 393 g/mol. The van der Waals surface area contributed by atoms with Crippen LogP contribution in [0.2, 0.25) is 0 Å². The quantitative estimate of drug-likeness (QED) is 0.699. The van der Waals surface area contributed by atoms with E-state index in [1.54, 1.807) is 0 Å². The monoisotopic (exact) mass is 419 g/mol. The van der Waals surface area contributed by atoms with Crippen molar-refractivity contribution in [2.24, 2.45) is 0 Å². The van der Waals surface area contributed by atoms with Crippen molar-refractivity contribution < 1.29 is 24.2 Å². The maximum atomic E-state index is 15.0. The number of hydrogen-bond donors (Lipinski definition) is 3. The lowest BCUT2D eigenvalue weighted by Crippen LogP contribution is -2.31. The second-order valence-corrected chi connectivity index (χ2v) is 7.68. The van der Waals surface area contributed by atoms with E-state index in [9.17, 15) is 19.1 Å². The van der Waals surface area contributed by atoms with Gasteiger partial charge in [-0.25, -0.2) is 9.18 Å². The molecule has 0 spiro atoms. The summed E-state index contributed by atoms with van der Waals surface area (Å²) >= 11 is 0. The zero-order chi connectivity index (χ0) is 22.0. The predicted molar refractivity (Wildman–Crippen MR) is 110 cm³/mol. The predicted octanol–water partition coefficient (Wildman–Crippen LogP) is 2.21. The summed E-state index contributed by atoms with van der Waals surface area (Å²) in [6.45, 7) is 6.04. The van der Waals surface area contributed by atoms with Gasteiger partial charge in [-0.05, 0) is 55.8 Å². The van der Waals surface area contributed by atoms with Crippen LogP contribution in [0.25, 0.3) is 5.52 Å². The summed E-state index contributed by atoms with van der Waals surface area (Å²) in [7, 11) is 0. The Morgan fingerprint density at radius 3 is 2.47 bits per heavy atom. The number of carboxylic acid groups (broad SMARTS) is 2. The van der Waals surface area contributed by atoms with Gasteiger partial charge in [-0.2, -0.15) is 0 Å². The number of carbonyl (C=O) groups is 2. The van der Waals surface area contributed by atoms with Crippen LogP contribution in [0, 0.1) is 12.7 Å². The molecule has 2 aliphatic rings. The maximum Gasteiger partial charge on any atom is 0.341 e. The summed E-state index contributed by atoms with van der Waals surface area (Å²) in [4.78, 5) is 35.1. The van der Waals surface area contributed by atoms with E-state index in [0.29, 0.717) is 23.3 Å². The van der Waals surface area contributed by atoms with E-state index in [1.807, 2.05) is 11.8 Å². The number of pyridine rings is 2. The molecule has 0 unspecified atom stereocenters. The van der Waals surface area contributed by atoms with Gasteiger partial charge in [-0.1, -0.05) is 0 Å². The van der Waals surface area contributed by atoms with Crippen LogP contribution < -0.4 is 15.8 Å². The average molecular weight is 419 g/mol. The summed E-state index contributed by atoms with van der Waals surface area (Å²) in [5.41, 5.74) is 1.77. The Morgan fingerprint density at radius 2 is 1.87 bits per heavy atom. The van der Waals surface area contributed by atoms with Crippen molar-refractivity contribution in [2.45, 2.75) is 39.0 Å². The summed E-state index contributed by atoms with van der Waals surface area (Å²) in [5, 5.41) is 20.1. The van der Waals surface area contributed by atoms with Gasteiger partial charge in [0.1, 0.15) is 5.56 Å². The first kappa shape index (κ1) is 21.8. The van der Waals surface area contributed by atoms with Crippen molar-refractivity contribution in [2.75, 3.05) is 31.1 Å². The van der Waals surface area contributed by atoms with Crippen LogP contribution in [0.5, 0.6) is 0 Å². The highest BCUT2D eigenvalue weighted by Gasteiger charge is 2.30. The highest BCUT2D eigenvalue weighted by molar-refractivity contribution is 5.89. The van der Waals surface area contributed by atoms with E-state index in [2.05, 4.69) is 5.32 Å². The van der Waals surface area contributed by atoms with Crippen LogP contribution in [-0.2, 0) is 4.79 Å². The van der Waals surface area contributed by atoms with Gasteiger partial charge in [0.15, 0.2) is 5.82 Å². The molecule has 3 N–H and O–H groups in total. The fourth-order valence-electron chi connectivity index (χ4n) is 3.96. The van der Waals surface area contributed by atoms with Crippen LogP contribution >= 0.6 is 0 Å². The number of anilines is 1. The number of nitrogens with zero attached hydrogens (tertiary/aromatic N) is 2. The minimum atomic E-state index is -1.27. The van der Waals surface area contributed by atoms with Crippen LogP contribution in [0.4, 0.5) is 10.1 Å². The average Bonchev–Trinajstić information content (AvgIpc) is 3.49. The number of nitrogens with one attached hydrogen (secondary N) is 1. The summed E-state index contributed by atoms with van der Waals surface area (Å²) in [6.07, 6.45) is 4.01. The number of halogens is 1. The molecule has 1 saturated carbocycles. The molecule has 3 heterocycles. The van der Waals surface area contributed by atoms with Crippen LogP contribution in [0.3, 0.4) is 0 Å². The number of hydrogen-bond acceptors (Lipinski definition) is 5. The molecule has 8 nitrogen and oxygen atoms in total. The molecule has 0 aromatic carbocycles. The molecule has 0 atom stereocenters. The van der Waals surface area contributed by atoms with Gasteiger partial charge in [0, 0.05) is 26.6 Å². The van der Waals surface area contributed by atoms with Crippen molar-refractivity contribution in [3.8, 4) is 0 Å². The standard InChI is InChI=1S/C19H22FN3O3.C2H4O2/c1-11-16-13(12-3-4-12)9-14(19(25)26)18(24)23(16)10-15(20)17(11)22-7-2-5-21-6-8-22;1-2(3)4/h9-10,12,21H,2-8H2,1H3,(H,25,26);1H3,(H,3,4). The second kappa shape index (κ2) is 8.83. The zero-order valence-electron chi connectivity index (χ0n) is 17.1. The smallest absolute Gasteiger partial charge is 0.341 e. The van der Waals surface area contributed by atoms with E-state index in [1.165, 1.54) is 10.5 Å². The molecule has 9 heteroatoms. The van der Waals surface area contributed by atoms with Gasteiger partial charge in [0.2, 0.25) is 0 Å². The number of aryl methyl sites for hydroxylation is 1. The first-order chi connectivity index (χ1) is 14.2. The molecule has 2 fully saturated rings. The van der Waals surface area contributed by atoms with Gasteiger partial charge in [-0.15, -0.1) is 0 Å². The molecule has 0 radical (unpaired) electrons. The number of fused-ring (bicyclic) bond motifs is 1. The third-order valence-electron chi connectivity index (χ3n) is 5.35. The van der Waals surface area contributed by atoms with Crippen molar-refractivity contribution in [3.63, 3.8) is 0 Å². The van der Waals surface area contributed by atoms with Crippen molar-refractivity contribution in [3.05, 3.63) is 45.1 Å². The molecular formula is C21H26FN3O5. The number of aliphatic carboxylic acids is 1. The molecule has 0 amide bonds. The molecule has 1 aliphatic carbocycles. The maximum absolute atomic E-state index is 15.0. The van der Waals surface area contributed by atoms with E-state index in [4.69, 9.17) is 9.90 Å². The van der Waals surface area contributed by atoms with E-state index < -0.39 is 23.3 Å². The highest BCUT2D eigenvalue weighted by atomic mass is 19.1. The van der Waals surface area contributed by atoms with Gasteiger partial charge < -0.3 is 20.4 Å². The lowest BCUT2D eigenvalue weighted by molar-refractivity contribution is -0.134.